The summed E-state index contributed by atoms with van der Waals surface area (Å²) >= 11 is 0. The molecule has 0 fully saturated rings. The lowest BCUT2D eigenvalue weighted by Gasteiger charge is -2.13. The third-order valence-corrected chi connectivity index (χ3v) is 6.57. The molecule has 152 valence electrons. The van der Waals surface area contributed by atoms with Crippen LogP contribution in [-0.2, 0) is 19.6 Å². The summed E-state index contributed by atoms with van der Waals surface area (Å²) in [4.78, 5) is 28.6. The number of sulfonamides is 1. The molecule has 0 saturated heterocycles. The van der Waals surface area contributed by atoms with Crippen LogP contribution in [-0.4, -0.2) is 39.2 Å². The van der Waals surface area contributed by atoms with Gasteiger partial charge in [-0.25, -0.2) is 8.42 Å². The van der Waals surface area contributed by atoms with Crippen molar-refractivity contribution in [3.63, 3.8) is 0 Å². The van der Waals surface area contributed by atoms with Crippen molar-refractivity contribution in [1.29, 1.82) is 0 Å². The van der Waals surface area contributed by atoms with Gasteiger partial charge in [-0.3, -0.25) is 19.3 Å². The second kappa shape index (κ2) is 7.79. The van der Waals surface area contributed by atoms with Crippen molar-refractivity contribution in [2.24, 2.45) is 4.99 Å². The molecule has 3 rings (SSSR count). The van der Waals surface area contributed by atoms with Crippen LogP contribution < -0.4 is 4.72 Å². The van der Waals surface area contributed by atoms with Gasteiger partial charge in [0.25, 0.3) is 10.0 Å². The molecule has 7 nitrogen and oxygen atoms in total. The number of carbonyl (C=O) groups excluding carboxylic acids is 2. The van der Waals surface area contributed by atoms with Gasteiger partial charge in [0.15, 0.2) is 6.61 Å². The summed E-state index contributed by atoms with van der Waals surface area (Å²) in [5.74, 6) is -0.918. The number of amidine groups is 1. The van der Waals surface area contributed by atoms with Crippen LogP contribution in [0.5, 0.6) is 0 Å². The Morgan fingerprint density at radius 2 is 1.72 bits per heavy atom. The summed E-state index contributed by atoms with van der Waals surface area (Å²) < 4.78 is 31.4. The zero-order valence-corrected chi connectivity index (χ0v) is 17.5. The lowest BCUT2D eigenvalue weighted by molar-refractivity contribution is -0.140. The molecule has 0 aliphatic carbocycles. The number of esters is 1. The number of ether oxygens (including phenoxy) is 1. The minimum Gasteiger partial charge on any atom is -0.456 e. The van der Waals surface area contributed by atoms with Crippen LogP contribution in [0.15, 0.2) is 40.2 Å². The molecule has 1 heterocycles. The molecular formula is C21H22N2O5S. The Labute approximate surface area is 169 Å². The minimum atomic E-state index is -3.67. The number of hydrogen-bond donors (Lipinski definition) is 1. The molecule has 0 radical (unpaired) electrons. The molecule has 1 N–H and O–H groups in total. The van der Waals surface area contributed by atoms with Crippen LogP contribution in [0, 0.1) is 27.7 Å². The van der Waals surface area contributed by atoms with Gasteiger partial charge in [-0.05, 0) is 68.1 Å². The van der Waals surface area contributed by atoms with Crippen LogP contribution in [0.1, 0.15) is 38.2 Å². The van der Waals surface area contributed by atoms with E-state index in [0.717, 1.165) is 22.3 Å². The maximum Gasteiger partial charge on any atom is 0.328 e. The predicted octanol–water partition coefficient (Wildman–Crippen LogP) is 2.38. The highest BCUT2D eigenvalue weighted by Gasteiger charge is 2.30. The fourth-order valence-corrected chi connectivity index (χ4v) is 4.42. The summed E-state index contributed by atoms with van der Waals surface area (Å²) in [5.41, 5.74) is 4.97. The normalized spacial score (nSPS) is 15.7. The lowest BCUT2D eigenvalue weighted by atomic mass is 9.93. The molecule has 0 amide bonds. The van der Waals surface area contributed by atoms with Crippen LogP contribution >= 0.6 is 0 Å². The Kier molecular flexibility index (Phi) is 5.57. The lowest BCUT2D eigenvalue weighted by Crippen LogP contribution is -2.24. The average Bonchev–Trinajstić information content (AvgIpc) is 2.96. The Bertz CT molecular complexity index is 1150. The smallest absolute Gasteiger partial charge is 0.328 e. The highest BCUT2D eigenvalue weighted by atomic mass is 32.2. The van der Waals surface area contributed by atoms with Gasteiger partial charge in [0.1, 0.15) is 12.4 Å². The first-order chi connectivity index (χ1) is 13.6. The monoisotopic (exact) mass is 414 g/mol. The van der Waals surface area contributed by atoms with Crippen molar-refractivity contribution < 1.29 is 22.7 Å². The summed E-state index contributed by atoms with van der Waals surface area (Å²) in [5, 5.41) is 0. The van der Waals surface area contributed by atoms with E-state index >= 15 is 0 Å². The van der Waals surface area contributed by atoms with E-state index in [-0.39, 0.29) is 16.5 Å². The molecule has 29 heavy (non-hydrogen) atoms. The summed E-state index contributed by atoms with van der Waals surface area (Å²) in [6.45, 7) is 6.96. The first-order valence-corrected chi connectivity index (χ1v) is 10.5. The molecule has 1 aliphatic heterocycles. The van der Waals surface area contributed by atoms with E-state index in [1.165, 1.54) is 6.07 Å². The van der Waals surface area contributed by atoms with Gasteiger partial charge >= 0.3 is 5.97 Å². The van der Waals surface area contributed by atoms with Crippen molar-refractivity contribution >= 4 is 27.6 Å². The Hall–Kier alpha value is -3.00. The second-order valence-electron chi connectivity index (χ2n) is 6.97. The largest absolute Gasteiger partial charge is 0.456 e. The predicted molar refractivity (Wildman–Crippen MR) is 109 cm³/mol. The topological polar surface area (TPSA) is 102 Å². The molecule has 2 aromatic rings. The number of nitrogens with zero attached hydrogens (tertiary/aromatic N) is 1. The molecule has 0 atom stereocenters. The number of nitrogens with one attached hydrogen (secondary N) is 1. The first-order valence-electron chi connectivity index (χ1n) is 9.04. The molecular weight excluding hydrogens is 392 g/mol. The van der Waals surface area contributed by atoms with Gasteiger partial charge < -0.3 is 4.74 Å². The first kappa shape index (κ1) is 20.7. The number of benzene rings is 2. The van der Waals surface area contributed by atoms with Crippen LogP contribution in [0.3, 0.4) is 0 Å². The van der Waals surface area contributed by atoms with E-state index in [4.69, 9.17) is 4.74 Å². The van der Waals surface area contributed by atoms with Crippen molar-refractivity contribution in [2.75, 3.05) is 13.2 Å². The Balaban J connectivity index is 1.66. The SMILES string of the molecule is Cc1cc(C(=O)COC(=O)CN=C2NS(=O)(=O)c3ccccc32)c(C)c(C)c1C. The Morgan fingerprint density at radius 3 is 2.45 bits per heavy atom. The summed E-state index contributed by atoms with van der Waals surface area (Å²) in [6.07, 6.45) is 0. The Morgan fingerprint density at radius 1 is 1.03 bits per heavy atom. The fraction of sp³-hybridized carbons (Fsp3) is 0.286. The number of fused-ring (bicyclic) bond motifs is 1. The molecule has 2 aromatic carbocycles. The van der Waals surface area contributed by atoms with Crippen LogP contribution in [0.4, 0.5) is 0 Å². The van der Waals surface area contributed by atoms with Gasteiger partial charge in [0, 0.05) is 11.1 Å². The van der Waals surface area contributed by atoms with E-state index in [9.17, 15) is 18.0 Å². The highest BCUT2D eigenvalue weighted by Crippen LogP contribution is 2.23. The summed E-state index contributed by atoms with van der Waals surface area (Å²) in [6, 6.07) is 8.16. The van der Waals surface area contributed by atoms with E-state index < -0.39 is 29.1 Å². The molecule has 1 aliphatic rings. The van der Waals surface area contributed by atoms with Gasteiger partial charge in [-0.2, -0.15) is 0 Å². The third-order valence-electron chi connectivity index (χ3n) is 5.18. The third kappa shape index (κ3) is 4.07. The molecule has 8 heteroatoms. The summed E-state index contributed by atoms with van der Waals surface area (Å²) in [7, 11) is -3.67. The highest BCUT2D eigenvalue weighted by molar-refractivity contribution is 7.90. The maximum atomic E-state index is 12.5. The van der Waals surface area contributed by atoms with E-state index in [0.29, 0.717) is 11.1 Å². The molecule has 0 spiro atoms. The molecule has 0 aromatic heterocycles. The molecule has 0 bridgehead atoms. The van der Waals surface area contributed by atoms with Gasteiger partial charge in [-0.15, -0.1) is 0 Å². The van der Waals surface area contributed by atoms with Crippen molar-refractivity contribution in [3.05, 3.63) is 63.7 Å². The van der Waals surface area contributed by atoms with Gasteiger partial charge in [-0.1, -0.05) is 12.1 Å². The van der Waals surface area contributed by atoms with Gasteiger partial charge in [0.2, 0.25) is 5.78 Å². The van der Waals surface area contributed by atoms with Crippen LogP contribution in [0.2, 0.25) is 0 Å². The number of aryl methyl sites for hydroxylation is 1. The number of carbonyl (C=O) groups is 2. The van der Waals surface area contributed by atoms with E-state index in [1.54, 1.807) is 24.3 Å². The number of Topliss-reactive ketones (excluding diaryl/α,β-unsaturated/α-hetero) is 1. The fourth-order valence-electron chi connectivity index (χ4n) is 3.17. The van der Waals surface area contributed by atoms with Crippen molar-refractivity contribution in [3.8, 4) is 0 Å². The standard InChI is InChI=1S/C21H22N2O5S/c1-12-9-17(15(4)14(3)13(12)2)18(24)11-28-20(25)10-22-21-16-7-5-6-8-19(16)29(26,27)23-21/h5-9H,10-11H2,1-4H3,(H,22,23). The van der Waals surface area contributed by atoms with Crippen LogP contribution in [0.25, 0.3) is 0 Å². The van der Waals surface area contributed by atoms with Gasteiger partial charge in [0.05, 0.1) is 4.90 Å². The van der Waals surface area contributed by atoms with E-state index in [2.05, 4.69) is 9.71 Å². The minimum absolute atomic E-state index is 0.0875. The quantitative estimate of drug-likeness (QED) is 0.598. The number of hydrogen-bond acceptors (Lipinski definition) is 6. The number of aliphatic imine (C=N–C) groups is 1. The molecule has 0 unspecified atom stereocenters. The van der Waals surface area contributed by atoms with Crippen molar-refractivity contribution in [2.45, 2.75) is 32.6 Å². The van der Waals surface area contributed by atoms with Crippen molar-refractivity contribution in [1.82, 2.24) is 4.72 Å². The second-order valence-corrected chi connectivity index (χ2v) is 8.62. The number of ketones is 1. The van der Waals surface area contributed by atoms with E-state index in [1.807, 2.05) is 27.7 Å². The maximum absolute atomic E-state index is 12.5. The zero-order valence-electron chi connectivity index (χ0n) is 16.7. The molecule has 0 saturated carbocycles. The number of rotatable bonds is 5. The average molecular weight is 414 g/mol. The zero-order chi connectivity index (χ0) is 21.3.